The van der Waals surface area contributed by atoms with E-state index in [2.05, 4.69) is 5.32 Å². The molecule has 0 radical (unpaired) electrons. The van der Waals surface area contributed by atoms with Crippen molar-refractivity contribution < 1.29 is 27.0 Å². The van der Waals surface area contributed by atoms with Crippen molar-refractivity contribution >= 4 is 50.7 Å². The van der Waals surface area contributed by atoms with E-state index >= 15 is 0 Å². The summed E-state index contributed by atoms with van der Waals surface area (Å²) in [7, 11) is -4.08. The van der Waals surface area contributed by atoms with Crippen molar-refractivity contribution in [2.45, 2.75) is 18.4 Å². The fourth-order valence-electron chi connectivity index (χ4n) is 3.26. The first-order valence-corrected chi connectivity index (χ1v) is 12.7. The van der Waals surface area contributed by atoms with Gasteiger partial charge in [0, 0.05) is 12.6 Å². The van der Waals surface area contributed by atoms with Gasteiger partial charge in [0.25, 0.3) is 11.1 Å². The second-order valence-electron chi connectivity index (χ2n) is 7.57. The van der Waals surface area contributed by atoms with Gasteiger partial charge >= 0.3 is 10.1 Å². The number of rotatable bonds is 7. The molecule has 0 atom stereocenters. The van der Waals surface area contributed by atoms with Crippen molar-refractivity contribution in [1.29, 1.82) is 0 Å². The average Bonchev–Trinajstić information content (AvgIpc) is 3.08. The summed E-state index contributed by atoms with van der Waals surface area (Å²) in [5.41, 5.74) is 1.93. The molecule has 8 nitrogen and oxygen atoms in total. The Bertz CT molecular complexity index is 1400. The molecule has 0 spiro atoms. The van der Waals surface area contributed by atoms with Crippen LogP contribution in [0.25, 0.3) is 6.08 Å². The topological polar surface area (TPSA) is 110 Å². The molecule has 3 amide bonds. The lowest BCUT2D eigenvalue weighted by molar-refractivity contribution is -0.123. The molecule has 3 aromatic carbocycles. The van der Waals surface area contributed by atoms with E-state index in [1.54, 1.807) is 18.2 Å². The highest BCUT2D eigenvalue weighted by Crippen LogP contribution is 2.33. The Morgan fingerprint density at radius 3 is 2.26 bits per heavy atom. The molecular weight excluding hydrogens is 488 g/mol. The van der Waals surface area contributed by atoms with E-state index in [0.29, 0.717) is 11.3 Å². The first-order valence-electron chi connectivity index (χ1n) is 10.4. The van der Waals surface area contributed by atoms with E-state index in [9.17, 15) is 22.8 Å². The number of thioether (sulfide) groups is 1. The molecule has 1 fully saturated rings. The van der Waals surface area contributed by atoms with Gasteiger partial charge in [0.2, 0.25) is 5.91 Å². The molecule has 35 heavy (non-hydrogen) atoms. The number of carbonyl (C=O) groups excluding carboxylic acids is 3. The van der Waals surface area contributed by atoms with Crippen molar-refractivity contribution in [3.05, 3.63) is 94.9 Å². The van der Waals surface area contributed by atoms with E-state index in [0.717, 1.165) is 17.3 Å². The first-order chi connectivity index (χ1) is 16.7. The Morgan fingerprint density at radius 1 is 0.971 bits per heavy atom. The molecule has 4 rings (SSSR count). The summed E-state index contributed by atoms with van der Waals surface area (Å²) in [5.74, 6) is -0.558. The van der Waals surface area contributed by atoms with E-state index in [1.807, 2.05) is 30.3 Å². The maximum atomic E-state index is 12.7. The van der Waals surface area contributed by atoms with Crippen LogP contribution in [0.1, 0.15) is 18.1 Å². The minimum absolute atomic E-state index is 0.0669. The molecule has 1 heterocycles. The quantitative estimate of drug-likeness (QED) is 0.365. The number of hydrogen-bond donors (Lipinski definition) is 1. The summed E-state index contributed by atoms with van der Waals surface area (Å²) in [6.45, 7) is 1.55. The molecule has 1 aliphatic heterocycles. The third-order valence-corrected chi connectivity index (χ3v) is 7.07. The smallest absolute Gasteiger partial charge is 0.339 e. The van der Waals surface area contributed by atoms with Gasteiger partial charge < -0.3 is 9.50 Å². The van der Waals surface area contributed by atoms with Gasteiger partial charge in [-0.1, -0.05) is 42.5 Å². The average molecular weight is 509 g/mol. The van der Waals surface area contributed by atoms with Crippen LogP contribution in [0.2, 0.25) is 0 Å². The monoisotopic (exact) mass is 508 g/mol. The number of anilines is 1. The second-order valence-corrected chi connectivity index (χ2v) is 10.1. The van der Waals surface area contributed by atoms with Gasteiger partial charge in [-0.3, -0.25) is 19.3 Å². The zero-order valence-corrected chi connectivity index (χ0v) is 20.1. The third-order valence-electron chi connectivity index (χ3n) is 4.90. The lowest BCUT2D eigenvalue weighted by Crippen LogP contribution is -2.27. The van der Waals surface area contributed by atoms with E-state index in [1.165, 1.54) is 48.2 Å². The highest BCUT2D eigenvalue weighted by molar-refractivity contribution is 8.18. The van der Waals surface area contributed by atoms with Gasteiger partial charge in [-0.2, -0.15) is 8.42 Å². The summed E-state index contributed by atoms with van der Waals surface area (Å²) in [4.78, 5) is 37.5. The summed E-state index contributed by atoms with van der Waals surface area (Å²) in [6.07, 6.45) is 1.58. The van der Waals surface area contributed by atoms with Crippen LogP contribution in [0.3, 0.4) is 0 Å². The number of imide groups is 1. The standard InChI is InChI=1S/C25H20N2O6S2/c1-17(28)26-20-9-13-22(14-10-20)35(31,32)33-21-11-7-18(8-12-21)15-23-24(29)27(25(30)34-23)16-19-5-3-2-4-6-19/h2-15H,16H2,1H3,(H,26,28)/b23-15-. The van der Waals surface area contributed by atoms with E-state index in [-0.39, 0.29) is 39.1 Å². The van der Waals surface area contributed by atoms with Crippen molar-refractivity contribution in [1.82, 2.24) is 4.90 Å². The Morgan fingerprint density at radius 2 is 1.63 bits per heavy atom. The predicted molar refractivity (Wildman–Crippen MR) is 133 cm³/mol. The van der Waals surface area contributed by atoms with Gasteiger partial charge in [0.1, 0.15) is 10.6 Å². The highest BCUT2D eigenvalue weighted by atomic mass is 32.2. The molecule has 178 valence electrons. The molecule has 10 heteroatoms. The number of nitrogens with one attached hydrogen (secondary N) is 1. The van der Waals surface area contributed by atoms with Gasteiger partial charge in [-0.25, -0.2) is 0 Å². The SMILES string of the molecule is CC(=O)Nc1ccc(S(=O)(=O)Oc2ccc(/C=C3\SC(=O)N(Cc4ccccc4)C3=O)cc2)cc1. The Labute approximate surface area is 206 Å². The molecule has 1 N–H and O–H groups in total. The number of benzene rings is 3. The molecule has 0 bridgehead atoms. The van der Waals surface area contributed by atoms with Crippen LogP contribution in [0.5, 0.6) is 5.75 Å². The normalized spacial score (nSPS) is 14.9. The van der Waals surface area contributed by atoms with Crippen molar-refractivity contribution in [2.24, 2.45) is 0 Å². The van der Waals surface area contributed by atoms with Gasteiger partial charge in [-0.05, 0) is 65.4 Å². The zero-order valence-electron chi connectivity index (χ0n) is 18.5. The fraction of sp³-hybridized carbons (Fsp3) is 0.0800. The summed E-state index contributed by atoms with van der Waals surface area (Å²) in [5, 5.41) is 2.21. The zero-order chi connectivity index (χ0) is 25.0. The van der Waals surface area contributed by atoms with Gasteiger partial charge in [0.15, 0.2) is 0 Å². The van der Waals surface area contributed by atoms with Crippen LogP contribution in [0, 0.1) is 0 Å². The van der Waals surface area contributed by atoms with Crippen LogP contribution in [0.15, 0.2) is 88.7 Å². The molecule has 0 saturated carbocycles. The van der Waals surface area contributed by atoms with Crippen LogP contribution in [-0.4, -0.2) is 30.4 Å². The molecule has 1 aliphatic rings. The molecule has 1 saturated heterocycles. The Kier molecular flexibility index (Phi) is 7.04. The maximum Gasteiger partial charge on any atom is 0.339 e. The first kappa shape index (κ1) is 24.2. The second kappa shape index (κ2) is 10.2. The van der Waals surface area contributed by atoms with E-state index in [4.69, 9.17) is 4.18 Å². The Balaban J connectivity index is 1.43. The van der Waals surface area contributed by atoms with Crippen molar-refractivity contribution in [3.8, 4) is 5.75 Å². The van der Waals surface area contributed by atoms with Crippen molar-refractivity contribution in [2.75, 3.05) is 5.32 Å². The minimum Gasteiger partial charge on any atom is -0.379 e. The fourth-order valence-corrected chi connectivity index (χ4v) is 5.02. The van der Waals surface area contributed by atoms with Crippen LogP contribution < -0.4 is 9.50 Å². The number of nitrogens with zero attached hydrogens (tertiary/aromatic N) is 1. The highest BCUT2D eigenvalue weighted by Gasteiger charge is 2.34. The summed E-state index contributed by atoms with van der Waals surface area (Å²) >= 11 is 0.857. The summed E-state index contributed by atoms with van der Waals surface area (Å²) < 4.78 is 30.3. The maximum absolute atomic E-state index is 12.7. The van der Waals surface area contributed by atoms with Gasteiger partial charge in [0.05, 0.1) is 11.4 Å². The molecule has 3 aromatic rings. The molecule has 0 aliphatic carbocycles. The number of hydrogen-bond acceptors (Lipinski definition) is 7. The number of carbonyl (C=O) groups is 3. The molecule has 0 unspecified atom stereocenters. The van der Waals surface area contributed by atoms with Crippen molar-refractivity contribution in [3.63, 3.8) is 0 Å². The molecule has 0 aromatic heterocycles. The minimum atomic E-state index is -4.08. The summed E-state index contributed by atoms with van der Waals surface area (Å²) in [6, 6.07) is 20.9. The Hall–Kier alpha value is -3.89. The third kappa shape index (κ3) is 5.97. The van der Waals surface area contributed by atoms with E-state index < -0.39 is 10.1 Å². The van der Waals surface area contributed by atoms with Crippen LogP contribution in [-0.2, 0) is 26.3 Å². The lowest BCUT2D eigenvalue weighted by Gasteiger charge is -2.12. The van der Waals surface area contributed by atoms with Gasteiger partial charge in [-0.15, -0.1) is 0 Å². The number of amides is 3. The largest absolute Gasteiger partial charge is 0.379 e. The molecular formula is C25H20N2O6S2. The lowest BCUT2D eigenvalue weighted by atomic mass is 10.2. The van der Waals surface area contributed by atoms with Crippen LogP contribution >= 0.6 is 11.8 Å². The van der Waals surface area contributed by atoms with Crippen LogP contribution in [0.4, 0.5) is 10.5 Å². The predicted octanol–water partition coefficient (Wildman–Crippen LogP) is 4.65.